The maximum atomic E-state index is 13.5. The molecule has 0 amide bonds. The van der Waals surface area contributed by atoms with Gasteiger partial charge in [-0.3, -0.25) is 0 Å². The summed E-state index contributed by atoms with van der Waals surface area (Å²) in [6, 6.07) is 3.11. The van der Waals surface area contributed by atoms with E-state index in [0.717, 1.165) is 48.1 Å². The first-order valence-electron chi connectivity index (χ1n) is 6.10. The highest BCUT2D eigenvalue weighted by Gasteiger charge is 2.29. The van der Waals surface area contributed by atoms with E-state index in [0.29, 0.717) is 12.0 Å². The molecular weight excluding hydrogens is 285 g/mol. The number of hydrogen-bond acceptors (Lipinski definition) is 2. The minimum absolute atomic E-state index is 0.193. The lowest BCUT2D eigenvalue weighted by Gasteiger charge is -2.17. The number of benzene rings is 1. The zero-order valence-corrected chi connectivity index (χ0v) is 11.1. The van der Waals surface area contributed by atoms with Gasteiger partial charge in [-0.15, -0.1) is 0 Å². The van der Waals surface area contributed by atoms with Gasteiger partial charge in [0.05, 0.1) is 10.6 Å². The highest BCUT2D eigenvalue weighted by Crippen LogP contribution is 2.40. The maximum Gasteiger partial charge on any atom is 0.137 e. The minimum Gasteiger partial charge on any atom is -0.489 e. The van der Waals surface area contributed by atoms with Crippen molar-refractivity contribution in [2.75, 3.05) is 13.1 Å². The first kappa shape index (κ1) is 11.5. The molecule has 0 aromatic heterocycles. The van der Waals surface area contributed by atoms with Gasteiger partial charge >= 0.3 is 0 Å². The van der Waals surface area contributed by atoms with E-state index in [2.05, 4.69) is 21.2 Å². The summed E-state index contributed by atoms with van der Waals surface area (Å²) in [7, 11) is 0. The molecule has 2 nitrogen and oxygen atoms in total. The van der Waals surface area contributed by atoms with Gasteiger partial charge in [-0.05, 0) is 53.9 Å². The first-order valence-corrected chi connectivity index (χ1v) is 6.89. The van der Waals surface area contributed by atoms with Gasteiger partial charge in [0.25, 0.3) is 0 Å². The fourth-order valence-electron chi connectivity index (χ4n) is 2.28. The lowest BCUT2D eigenvalue weighted by Crippen LogP contribution is -2.10. The molecular formula is C13H15BrFNO. The Morgan fingerprint density at radius 3 is 2.76 bits per heavy atom. The van der Waals surface area contributed by atoms with E-state index >= 15 is 0 Å². The number of rotatable bonds is 3. The van der Waals surface area contributed by atoms with E-state index in [9.17, 15) is 4.39 Å². The van der Waals surface area contributed by atoms with E-state index in [1.54, 1.807) is 6.07 Å². The molecule has 1 saturated carbocycles. The van der Waals surface area contributed by atoms with E-state index in [4.69, 9.17) is 4.74 Å². The van der Waals surface area contributed by atoms with Crippen molar-refractivity contribution < 1.29 is 9.13 Å². The zero-order valence-electron chi connectivity index (χ0n) is 9.51. The normalized spacial score (nSPS) is 24.0. The Morgan fingerprint density at radius 1 is 1.29 bits per heavy atom. The van der Waals surface area contributed by atoms with Gasteiger partial charge in [0.1, 0.15) is 11.6 Å². The third-order valence-corrected chi connectivity index (χ3v) is 3.94. The molecule has 2 fully saturated rings. The standard InChI is InChI=1S/C13H15BrFNO/c14-12-6-9(15)5-11(8-3-4-16-7-8)13(12)17-10-1-2-10/h5-6,8,10,16H,1-4,7H2. The predicted molar refractivity (Wildman–Crippen MR) is 68.0 cm³/mol. The van der Waals surface area contributed by atoms with Crippen molar-refractivity contribution in [2.24, 2.45) is 0 Å². The molecule has 0 radical (unpaired) electrons. The molecule has 17 heavy (non-hydrogen) atoms. The Balaban J connectivity index is 1.96. The molecule has 1 aromatic carbocycles. The van der Waals surface area contributed by atoms with E-state index in [1.165, 1.54) is 6.07 Å². The largest absolute Gasteiger partial charge is 0.489 e. The highest BCUT2D eigenvalue weighted by molar-refractivity contribution is 9.10. The van der Waals surface area contributed by atoms with E-state index in [1.807, 2.05) is 0 Å². The summed E-state index contributed by atoms with van der Waals surface area (Å²) >= 11 is 3.42. The number of nitrogens with one attached hydrogen (secondary N) is 1. The van der Waals surface area contributed by atoms with Crippen LogP contribution in [0.15, 0.2) is 16.6 Å². The predicted octanol–water partition coefficient (Wildman–Crippen LogP) is 3.21. The highest BCUT2D eigenvalue weighted by atomic mass is 79.9. The van der Waals surface area contributed by atoms with Crippen molar-refractivity contribution in [3.63, 3.8) is 0 Å². The van der Waals surface area contributed by atoms with Gasteiger partial charge in [0, 0.05) is 18.0 Å². The SMILES string of the molecule is Fc1cc(Br)c(OC2CC2)c(C2CCNC2)c1. The molecule has 4 heteroatoms. The smallest absolute Gasteiger partial charge is 0.137 e. The molecule has 2 aliphatic rings. The van der Waals surface area contributed by atoms with E-state index in [-0.39, 0.29) is 5.82 Å². The maximum absolute atomic E-state index is 13.5. The summed E-state index contributed by atoms with van der Waals surface area (Å²) in [5, 5.41) is 3.31. The lowest BCUT2D eigenvalue weighted by molar-refractivity contribution is 0.295. The molecule has 1 N–H and O–H groups in total. The third kappa shape index (κ3) is 2.47. The topological polar surface area (TPSA) is 21.3 Å². The van der Waals surface area contributed by atoms with Gasteiger partial charge in [0.15, 0.2) is 0 Å². The number of halogens is 2. The Morgan fingerprint density at radius 2 is 2.12 bits per heavy atom. The van der Waals surface area contributed by atoms with Crippen LogP contribution in [-0.4, -0.2) is 19.2 Å². The molecule has 1 atom stereocenters. The van der Waals surface area contributed by atoms with Crippen molar-refractivity contribution in [2.45, 2.75) is 31.3 Å². The van der Waals surface area contributed by atoms with Crippen molar-refractivity contribution in [1.29, 1.82) is 0 Å². The van der Waals surface area contributed by atoms with Crippen molar-refractivity contribution in [3.8, 4) is 5.75 Å². The quantitative estimate of drug-likeness (QED) is 0.925. The molecule has 92 valence electrons. The van der Waals surface area contributed by atoms with Gasteiger partial charge in [0.2, 0.25) is 0 Å². The fourth-order valence-corrected chi connectivity index (χ4v) is 2.82. The summed E-state index contributed by atoms with van der Waals surface area (Å²) in [4.78, 5) is 0. The van der Waals surface area contributed by atoms with Crippen LogP contribution < -0.4 is 10.1 Å². The van der Waals surface area contributed by atoms with Gasteiger partial charge in [-0.1, -0.05) is 0 Å². The monoisotopic (exact) mass is 299 g/mol. The molecule has 3 rings (SSSR count). The molecule has 1 unspecified atom stereocenters. The molecule has 0 spiro atoms. The lowest BCUT2D eigenvalue weighted by atomic mass is 9.97. The van der Waals surface area contributed by atoms with Crippen LogP contribution in [0.4, 0.5) is 4.39 Å². The molecule has 1 aromatic rings. The molecule has 1 aliphatic heterocycles. The van der Waals surface area contributed by atoms with Crippen LogP contribution in [0.5, 0.6) is 5.75 Å². The van der Waals surface area contributed by atoms with Gasteiger partial charge in [-0.25, -0.2) is 4.39 Å². The molecule has 1 aliphatic carbocycles. The molecule has 0 bridgehead atoms. The summed E-state index contributed by atoms with van der Waals surface area (Å²) < 4.78 is 20.2. The second-order valence-corrected chi connectivity index (χ2v) is 5.67. The summed E-state index contributed by atoms with van der Waals surface area (Å²) in [5.41, 5.74) is 1.01. The van der Waals surface area contributed by atoms with Crippen LogP contribution >= 0.6 is 15.9 Å². The number of ether oxygens (including phenoxy) is 1. The van der Waals surface area contributed by atoms with Crippen LogP contribution in [0, 0.1) is 5.82 Å². The summed E-state index contributed by atoms with van der Waals surface area (Å²) in [5.74, 6) is 1.03. The minimum atomic E-state index is -0.193. The fraction of sp³-hybridized carbons (Fsp3) is 0.538. The van der Waals surface area contributed by atoms with E-state index < -0.39 is 0 Å². The molecule has 1 heterocycles. The van der Waals surface area contributed by atoms with Crippen LogP contribution in [0.1, 0.15) is 30.7 Å². The average Bonchev–Trinajstić information content (AvgIpc) is 2.93. The summed E-state index contributed by atoms with van der Waals surface area (Å²) in [6.07, 6.45) is 3.62. The Bertz CT molecular complexity index is 428. The number of hydrogen-bond donors (Lipinski definition) is 1. The summed E-state index contributed by atoms with van der Waals surface area (Å²) in [6.45, 7) is 1.92. The van der Waals surface area contributed by atoms with Crippen molar-refractivity contribution in [3.05, 3.63) is 28.0 Å². The van der Waals surface area contributed by atoms with Crippen molar-refractivity contribution in [1.82, 2.24) is 5.32 Å². The second-order valence-electron chi connectivity index (χ2n) is 4.81. The second kappa shape index (κ2) is 4.58. The third-order valence-electron chi connectivity index (χ3n) is 3.35. The van der Waals surface area contributed by atoms with Crippen LogP contribution in [0.2, 0.25) is 0 Å². The Labute approximate surface area is 109 Å². The van der Waals surface area contributed by atoms with Crippen molar-refractivity contribution >= 4 is 15.9 Å². The van der Waals surface area contributed by atoms with Crippen LogP contribution in [-0.2, 0) is 0 Å². The Kier molecular flexibility index (Phi) is 3.09. The van der Waals surface area contributed by atoms with Crippen LogP contribution in [0.25, 0.3) is 0 Å². The Hall–Kier alpha value is -0.610. The average molecular weight is 300 g/mol. The first-order chi connectivity index (χ1) is 8.24. The van der Waals surface area contributed by atoms with Crippen LogP contribution in [0.3, 0.4) is 0 Å². The molecule has 1 saturated heterocycles. The van der Waals surface area contributed by atoms with Gasteiger partial charge in [-0.2, -0.15) is 0 Å². The zero-order chi connectivity index (χ0) is 11.8. The van der Waals surface area contributed by atoms with Gasteiger partial charge < -0.3 is 10.1 Å².